The normalized spacial score (nSPS) is 11.3. The van der Waals surface area contributed by atoms with Gasteiger partial charge in [-0.05, 0) is 24.6 Å². The summed E-state index contributed by atoms with van der Waals surface area (Å²) in [6.07, 6.45) is 1.73. The summed E-state index contributed by atoms with van der Waals surface area (Å²) >= 11 is 11.8. The molecule has 0 amide bonds. The van der Waals surface area contributed by atoms with Crippen molar-refractivity contribution in [2.75, 3.05) is 13.7 Å². The molecule has 1 rings (SSSR count). The molecule has 104 valence electrons. The quantitative estimate of drug-likeness (QED) is 0.348. The van der Waals surface area contributed by atoms with Gasteiger partial charge in [0.1, 0.15) is 7.11 Å². The van der Waals surface area contributed by atoms with E-state index in [0.717, 1.165) is 12.8 Å². The third kappa shape index (κ3) is 4.73. The molecule has 4 nitrogen and oxygen atoms in total. The molecule has 0 N–H and O–H groups in total. The van der Waals surface area contributed by atoms with Gasteiger partial charge in [0.15, 0.2) is 5.71 Å². The Hall–Kier alpha value is -1.26. The Morgan fingerprint density at radius 1 is 1.37 bits per heavy atom. The summed E-state index contributed by atoms with van der Waals surface area (Å²) < 4.78 is 5.10. The van der Waals surface area contributed by atoms with E-state index in [1.165, 1.54) is 13.2 Å². The lowest BCUT2D eigenvalue weighted by Gasteiger charge is -2.08. The van der Waals surface area contributed by atoms with E-state index in [0.29, 0.717) is 22.2 Å². The van der Waals surface area contributed by atoms with Gasteiger partial charge >= 0.3 is 5.97 Å². The Bertz CT molecular complexity index is 475. The third-order valence-electron chi connectivity index (χ3n) is 2.29. The molecule has 6 heteroatoms. The van der Waals surface area contributed by atoms with Crippen molar-refractivity contribution >= 4 is 34.9 Å². The number of oxime groups is 1. The molecule has 0 saturated heterocycles. The Morgan fingerprint density at radius 3 is 2.68 bits per heavy atom. The van der Waals surface area contributed by atoms with Gasteiger partial charge in [-0.3, -0.25) is 0 Å². The molecule has 0 bridgehead atoms. The van der Waals surface area contributed by atoms with Crippen molar-refractivity contribution in [1.29, 1.82) is 0 Å². The fourth-order valence-electron chi connectivity index (χ4n) is 1.35. The van der Waals surface area contributed by atoms with Gasteiger partial charge < -0.3 is 9.57 Å². The molecule has 0 aliphatic heterocycles. The number of unbranched alkanes of at least 4 members (excludes halogenated alkanes) is 1. The molecular weight excluding hydrogens is 289 g/mol. The Morgan fingerprint density at radius 2 is 2.11 bits per heavy atom. The van der Waals surface area contributed by atoms with E-state index in [1.54, 1.807) is 12.1 Å². The minimum Gasteiger partial charge on any atom is -0.461 e. The highest BCUT2D eigenvalue weighted by Crippen LogP contribution is 2.22. The van der Waals surface area contributed by atoms with Crippen LogP contribution in [0.1, 0.15) is 25.3 Å². The maximum atomic E-state index is 11.9. The Kier molecular flexibility index (Phi) is 6.67. The third-order valence-corrected chi connectivity index (χ3v) is 2.84. The van der Waals surface area contributed by atoms with Gasteiger partial charge in [0, 0.05) is 10.6 Å². The van der Waals surface area contributed by atoms with E-state index in [-0.39, 0.29) is 5.71 Å². The van der Waals surface area contributed by atoms with Gasteiger partial charge in [-0.25, -0.2) is 4.79 Å². The highest BCUT2D eigenvalue weighted by atomic mass is 35.5. The van der Waals surface area contributed by atoms with E-state index in [2.05, 4.69) is 9.99 Å². The SMILES string of the molecule is CCCCOC(=O)C(=NOC)c1ccc(Cl)cc1Cl. The van der Waals surface area contributed by atoms with Gasteiger partial charge in [0.25, 0.3) is 0 Å². The maximum absolute atomic E-state index is 11.9. The van der Waals surface area contributed by atoms with Gasteiger partial charge in [-0.2, -0.15) is 0 Å². The lowest BCUT2D eigenvalue weighted by molar-refractivity contribution is -0.135. The van der Waals surface area contributed by atoms with Crippen molar-refractivity contribution in [2.24, 2.45) is 5.16 Å². The van der Waals surface area contributed by atoms with E-state index in [1.807, 2.05) is 6.92 Å². The zero-order valence-electron chi connectivity index (χ0n) is 10.8. The standard InChI is InChI=1S/C13H15Cl2NO3/c1-3-4-7-19-13(17)12(16-18-2)10-6-5-9(14)8-11(10)15/h5-6,8H,3-4,7H2,1-2H3. The monoisotopic (exact) mass is 303 g/mol. The number of carbonyl (C=O) groups excluding carboxylic acids is 1. The topological polar surface area (TPSA) is 47.9 Å². The van der Waals surface area contributed by atoms with Gasteiger partial charge in [0.05, 0.1) is 11.6 Å². The van der Waals surface area contributed by atoms with Crippen LogP contribution in [0.25, 0.3) is 0 Å². The minimum absolute atomic E-state index is 0.0280. The van der Waals surface area contributed by atoms with Crippen LogP contribution in [-0.4, -0.2) is 25.4 Å². The van der Waals surface area contributed by atoms with Crippen LogP contribution in [0.3, 0.4) is 0 Å². The molecule has 0 unspecified atom stereocenters. The summed E-state index contributed by atoms with van der Waals surface area (Å²) in [6.45, 7) is 2.34. The first-order valence-corrected chi connectivity index (χ1v) is 6.59. The van der Waals surface area contributed by atoms with Crippen molar-refractivity contribution in [3.8, 4) is 0 Å². The summed E-state index contributed by atoms with van der Waals surface area (Å²) in [5, 5.41) is 4.47. The molecule has 0 aromatic heterocycles. The highest BCUT2D eigenvalue weighted by molar-refractivity contribution is 6.47. The van der Waals surface area contributed by atoms with Gasteiger partial charge in [-0.1, -0.05) is 41.7 Å². The number of hydrogen-bond acceptors (Lipinski definition) is 4. The van der Waals surface area contributed by atoms with Crippen molar-refractivity contribution in [3.63, 3.8) is 0 Å². The number of benzene rings is 1. The fraction of sp³-hybridized carbons (Fsp3) is 0.385. The molecule has 0 atom stereocenters. The lowest BCUT2D eigenvalue weighted by atomic mass is 10.1. The first kappa shape index (κ1) is 15.8. The van der Waals surface area contributed by atoms with Crippen LogP contribution in [-0.2, 0) is 14.4 Å². The number of carbonyl (C=O) groups is 1. The number of rotatable bonds is 6. The molecule has 0 aliphatic carbocycles. The predicted octanol–water partition coefficient (Wildman–Crippen LogP) is 3.69. The molecule has 19 heavy (non-hydrogen) atoms. The van der Waals surface area contributed by atoms with Crippen molar-refractivity contribution < 1.29 is 14.4 Å². The average Bonchev–Trinajstić information content (AvgIpc) is 2.37. The van der Waals surface area contributed by atoms with Gasteiger partial charge in [0.2, 0.25) is 0 Å². The van der Waals surface area contributed by atoms with Gasteiger partial charge in [-0.15, -0.1) is 0 Å². The smallest absolute Gasteiger partial charge is 0.361 e. The molecule has 0 spiro atoms. The van der Waals surface area contributed by atoms with Crippen LogP contribution in [0.2, 0.25) is 10.0 Å². The molecule has 1 aromatic carbocycles. The molecule has 0 heterocycles. The van der Waals surface area contributed by atoms with Crippen LogP contribution >= 0.6 is 23.2 Å². The Balaban J connectivity index is 2.94. The zero-order chi connectivity index (χ0) is 14.3. The van der Waals surface area contributed by atoms with Crippen molar-refractivity contribution in [1.82, 2.24) is 0 Å². The Labute approximate surface area is 122 Å². The second kappa shape index (κ2) is 8.02. The average molecular weight is 304 g/mol. The number of ether oxygens (including phenoxy) is 1. The van der Waals surface area contributed by atoms with E-state index in [9.17, 15) is 4.79 Å². The molecule has 0 saturated carbocycles. The molecular formula is C13H15Cl2NO3. The van der Waals surface area contributed by atoms with Crippen molar-refractivity contribution in [3.05, 3.63) is 33.8 Å². The van der Waals surface area contributed by atoms with Crippen LogP contribution in [0.4, 0.5) is 0 Å². The van der Waals surface area contributed by atoms with Crippen LogP contribution in [0.15, 0.2) is 23.4 Å². The lowest BCUT2D eigenvalue weighted by Crippen LogP contribution is -2.20. The summed E-state index contributed by atoms with van der Waals surface area (Å²) in [5.41, 5.74) is 0.453. The number of nitrogens with zero attached hydrogens (tertiary/aromatic N) is 1. The number of hydrogen-bond donors (Lipinski definition) is 0. The van der Waals surface area contributed by atoms with Crippen molar-refractivity contribution in [2.45, 2.75) is 19.8 Å². The van der Waals surface area contributed by atoms with Crippen LogP contribution < -0.4 is 0 Å². The highest BCUT2D eigenvalue weighted by Gasteiger charge is 2.19. The molecule has 0 fully saturated rings. The second-order valence-electron chi connectivity index (χ2n) is 3.74. The molecule has 0 aliphatic rings. The second-order valence-corrected chi connectivity index (χ2v) is 4.58. The number of esters is 1. The summed E-state index contributed by atoms with van der Waals surface area (Å²) in [5.74, 6) is -0.570. The summed E-state index contributed by atoms with van der Waals surface area (Å²) in [6, 6.07) is 4.75. The summed E-state index contributed by atoms with van der Waals surface area (Å²) in [7, 11) is 1.35. The first-order valence-electron chi connectivity index (χ1n) is 5.83. The van der Waals surface area contributed by atoms with E-state index in [4.69, 9.17) is 27.9 Å². The van der Waals surface area contributed by atoms with Crippen LogP contribution in [0.5, 0.6) is 0 Å². The minimum atomic E-state index is -0.570. The van der Waals surface area contributed by atoms with Crippen LogP contribution in [0, 0.1) is 0 Å². The molecule has 0 radical (unpaired) electrons. The number of halogens is 2. The van der Waals surface area contributed by atoms with E-state index >= 15 is 0 Å². The fourth-order valence-corrected chi connectivity index (χ4v) is 1.84. The first-order chi connectivity index (χ1) is 9.10. The predicted molar refractivity (Wildman–Crippen MR) is 75.9 cm³/mol. The molecule has 1 aromatic rings. The summed E-state index contributed by atoms with van der Waals surface area (Å²) in [4.78, 5) is 16.6. The maximum Gasteiger partial charge on any atom is 0.361 e. The largest absolute Gasteiger partial charge is 0.461 e. The van der Waals surface area contributed by atoms with E-state index < -0.39 is 5.97 Å². The zero-order valence-corrected chi connectivity index (χ0v) is 12.3.